The van der Waals surface area contributed by atoms with Gasteiger partial charge < -0.3 is 14.5 Å². The molecule has 7 heteroatoms. The topological polar surface area (TPSA) is 88.1 Å². The first kappa shape index (κ1) is 16.7. The Morgan fingerprint density at radius 1 is 0.867 bits per heavy atom. The molecule has 0 aliphatic heterocycles. The van der Waals surface area contributed by atoms with E-state index in [0.29, 0.717) is 0 Å². The standard InChI is InChI=1S/C23H17N7/c1-30-20-12-15(7-8-17(20)29-23(30)22-24-10-11-25-22)19-13-26-21(28-19)18-9-6-14-4-2-3-5-16(14)27-18/h2-13H,1H3,(H,24,25)(H,26,28). The number of aromatic amines is 2. The number of benzene rings is 2. The molecule has 0 unspecified atom stereocenters. The molecule has 0 aliphatic rings. The number of nitrogens with zero attached hydrogens (tertiary/aromatic N) is 5. The van der Waals surface area contributed by atoms with E-state index in [-0.39, 0.29) is 0 Å². The molecular formula is C23H17N7. The van der Waals surface area contributed by atoms with Crippen LogP contribution in [-0.4, -0.2) is 34.5 Å². The van der Waals surface area contributed by atoms with Crippen LogP contribution in [0.15, 0.2) is 73.2 Å². The van der Waals surface area contributed by atoms with Gasteiger partial charge in [-0.3, -0.25) is 0 Å². The molecule has 2 N–H and O–H groups in total. The molecule has 4 aromatic heterocycles. The Balaban J connectivity index is 1.40. The molecule has 0 spiro atoms. The van der Waals surface area contributed by atoms with Crippen LogP contribution in [0.3, 0.4) is 0 Å². The zero-order valence-corrected chi connectivity index (χ0v) is 16.2. The average molecular weight is 391 g/mol. The van der Waals surface area contributed by atoms with E-state index in [1.54, 1.807) is 12.4 Å². The van der Waals surface area contributed by atoms with E-state index in [1.165, 1.54) is 0 Å². The Bertz CT molecular complexity index is 1510. The SMILES string of the molecule is Cn1c(-c2ncc[nH]2)nc2ccc(-c3cnc(-c4ccc5ccccc5n4)[nH]3)cc21. The minimum Gasteiger partial charge on any atom is -0.342 e. The van der Waals surface area contributed by atoms with Crippen molar-refractivity contribution in [3.63, 3.8) is 0 Å². The highest BCUT2D eigenvalue weighted by Gasteiger charge is 2.14. The Hall–Kier alpha value is -4.26. The lowest BCUT2D eigenvalue weighted by Gasteiger charge is -2.02. The summed E-state index contributed by atoms with van der Waals surface area (Å²) in [7, 11) is 1.99. The summed E-state index contributed by atoms with van der Waals surface area (Å²) in [5, 5.41) is 1.11. The molecule has 0 radical (unpaired) electrons. The highest BCUT2D eigenvalue weighted by atomic mass is 15.1. The number of hydrogen-bond donors (Lipinski definition) is 2. The summed E-state index contributed by atoms with van der Waals surface area (Å²) in [6.45, 7) is 0. The number of fused-ring (bicyclic) bond motifs is 2. The summed E-state index contributed by atoms with van der Waals surface area (Å²) in [4.78, 5) is 24.8. The lowest BCUT2D eigenvalue weighted by molar-refractivity contribution is 0.944. The second-order valence-corrected chi connectivity index (χ2v) is 7.17. The van der Waals surface area contributed by atoms with E-state index in [2.05, 4.69) is 38.1 Å². The number of imidazole rings is 3. The van der Waals surface area contributed by atoms with Crippen LogP contribution in [-0.2, 0) is 7.05 Å². The summed E-state index contributed by atoms with van der Waals surface area (Å²) < 4.78 is 2.04. The monoisotopic (exact) mass is 391 g/mol. The van der Waals surface area contributed by atoms with Crippen LogP contribution >= 0.6 is 0 Å². The molecule has 0 atom stereocenters. The molecule has 144 valence electrons. The van der Waals surface area contributed by atoms with Gasteiger partial charge in [-0.2, -0.15) is 0 Å². The van der Waals surface area contributed by atoms with Gasteiger partial charge in [0, 0.05) is 30.4 Å². The molecule has 0 fully saturated rings. The van der Waals surface area contributed by atoms with E-state index in [1.807, 2.05) is 54.2 Å². The van der Waals surface area contributed by atoms with Crippen molar-refractivity contribution >= 4 is 21.9 Å². The molecule has 0 saturated carbocycles. The molecule has 6 rings (SSSR count). The van der Waals surface area contributed by atoms with Gasteiger partial charge in [0.05, 0.1) is 28.4 Å². The van der Waals surface area contributed by atoms with Gasteiger partial charge in [-0.1, -0.05) is 30.3 Å². The number of nitrogens with one attached hydrogen (secondary N) is 2. The molecule has 0 amide bonds. The maximum Gasteiger partial charge on any atom is 0.177 e. The Morgan fingerprint density at radius 3 is 2.70 bits per heavy atom. The summed E-state index contributed by atoms with van der Waals surface area (Å²) in [6.07, 6.45) is 5.37. The van der Waals surface area contributed by atoms with Crippen LogP contribution in [0.5, 0.6) is 0 Å². The van der Waals surface area contributed by atoms with Crippen LogP contribution in [0.25, 0.3) is 56.4 Å². The largest absolute Gasteiger partial charge is 0.342 e. The predicted octanol–water partition coefficient (Wildman–Crippen LogP) is 4.57. The van der Waals surface area contributed by atoms with E-state index < -0.39 is 0 Å². The minimum atomic E-state index is 0.747. The van der Waals surface area contributed by atoms with E-state index in [0.717, 1.165) is 56.4 Å². The first-order valence-corrected chi connectivity index (χ1v) is 9.64. The third kappa shape index (κ3) is 2.60. The highest BCUT2D eigenvalue weighted by Crippen LogP contribution is 2.28. The van der Waals surface area contributed by atoms with Gasteiger partial charge in [0.2, 0.25) is 0 Å². The second kappa shape index (κ2) is 6.38. The number of H-pyrrole nitrogens is 2. The first-order valence-electron chi connectivity index (χ1n) is 9.64. The quantitative estimate of drug-likeness (QED) is 0.463. The third-order valence-corrected chi connectivity index (χ3v) is 5.32. The molecular weight excluding hydrogens is 374 g/mol. The van der Waals surface area contributed by atoms with Gasteiger partial charge >= 0.3 is 0 Å². The third-order valence-electron chi connectivity index (χ3n) is 5.32. The number of aryl methyl sites for hydroxylation is 1. The Labute approximate surface area is 171 Å². The summed E-state index contributed by atoms with van der Waals surface area (Å²) >= 11 is 0. The molecule has 4 heterocycles. The summed E-state index contributed by atoms with van der Waals surface area (Å²) in [6, 6.07) is 18.3. The smallest absolute Gasteiger partial charge is 0.177 e. The van der Waals surface area contributed by atoms with Crippen LogP contribution in [0.1, 0.15) is 0 Å². The number of hydrogen-bond acceptors (Lipinski definition) is 4. The normalized spacial score (nSPS) is 11.5. The zero-order chi connectivity index (χ0) is 20.1. The number of pyridine rings is 1. The fourth-order valence-electron chi connectivity index (χ4n) is 3.75. The lowest BCUT2D eigenvalue weighted by Crippen LogP contribution is -1.93. The maximum atomic E-state index is 4.73. The van der Waals surface area contributed by atoms with E-state index in [4.69, 9.17) is 9.97 Å². The number of aromatic nitrogens is 7. The van der Waals surface area contributed by atoms with Crippen molar-refractivity contribution in [1.82, 2.24) is 34.5 Å². The molecule has 30 heavy (non-hydrogen) atoms. The summed E-state index contributed by atoms with van der Waals surface area (Å²) in [5.74, 6) is 2.30. The van der Waals surface area contributed by atoms with Crippen molar-refractivity contribution in [2.24, 2.45) is 7.05 Å². The fraction of sp³-hybridized carbons (Fsp3) is 0.0435. The summed E-state index contributed by atoms with van der Waals surface area (Å²) in [5.41, 5.74) is 5.69. The van der Waals surface area contributed by atoms with Crippen molar-refractivity contribution in [3.8, 4) is 34.4 Å². The second-order valence-electron chi connectivity index (χ2n) is 7.17. The maximum absolute atomic E-state index is 4.73. The van der Waals surface area contributed by atoms with E-state index >= 15 is 0 Å². The molecule has 7 nitrogen and oxygen atoms in total. The van der Waals surface area contributed by atoms with Crippen LogP contribution in [0.2, 0.25) is 0 Å². The predicted molar refractivity (Wildman–Crippen MR) is 117 cm³/mol. The molecule has 2 aromatic carbocycles. The highest BCUT2D eigenvalue weighted by molar-refractivity contribution is 5.85. The van der Waals surface area contributed by atoms with Crippen molar-refractivity contribution in [2.45, 2.75) is 0 Å². The van der Waals surface area contributed by atoms with Crippen molar-refractivity contribution in [2.75, 3.05) is 0 Å². The van der Waals surface area contributed by atoms with Crippen LogP contribution in [0.4, 0.5) is 0 Å². The Kier molecular flexibility index (Phi) is 3.55. The first-order chi connectivity index (χ1) is 14.8. The minimum absolute atomic E-state index is 0.747. The van der Waals surface area contributed by atoms with Gasteiger partial charge in [-0.05, 0) is 24.3 Å². The fourth-order valence-corrected chi connectivity index (χ4v) is 3.75. The van der Waals surface area contributed by atoms with Crippen molar-refractivity contribution in [1.29, 1.82) is 0 Å². The van der Waals surface area contributed by atoms with Gasteiger partial charge in [-0.15, -0.1) is 0 Å². The number of para-hydroxylation sites is 1. The number of rotatable bonds is 3. The Morgan fingerprint density at radius 2 is 1.80 bits per heavy atom. The molecule has 0 bridgehead atoms. The molecule has 0 aliphatic carbocycles. The van der Waals surface area contributed by atoms with Crippen LogP contribution in [0, 0.1) is 0 Å². The van der Waals surface area contributed by atoms with E-state index in [9.17, 15) is 0 Å². The zero-order valence-electron chi connectivity index (χ0n) is 16.2. The van der Waals surface area contributed by atoms with Crippen molar-refractivity contribution in [3.05, 3.63) is 73.2 Å². The average Bonchev–Trinajstić information content (AvgIpc) is 3.54. The van der Waals surface area contributed by atoms with Gasteiger partial charge in [0.1, 0.15) is 5.69 Å². The van der Waals surface area contributed by atoms with Crippen LogP contribution < -0.4 is 0 Å². The van der Waals surface area contributed by atoms with Gasteiger partial charge in [0.15, 0.2) is 17.5 Å². The van der Waals surface area contributed by atoms with Crippen molar-refractivity contribution < 1.29 is 0 Å². The molecule has 6 aromatic rings. The van der Waals surface area contributed by atoms with Gasteiger partial charge in [-0.25, -0.2) is 19.9 Å². The van der Waals surface area contributed by atoms with Gasteiger partial charge in [0.25, 0.3) is 0 Å². The lowest BCUT2D eigenvalue weighted by atomic mass is 10.1. The molecule has 0 saturated heterocycles.